The van der Waals surface area contributed by atoms with Crippen molar-refractivity contribution in [3.63, 3.8) is 0 Å². The first-order valence-corrected chi connectivity index (χ1v) is 7.61. The van der Waals surface area contributed by atoms with E-state index in [1.807, 2.05) is 24.3 Å². The molecule has 22 heavy (non-hydrogen) atoms. The molecule has 0 atom stereocenters. The molecule has 1 N–H and O–H groups in total. The van der Waals surface area contributed by atoms with Crippen LogP contribution in [0.3, 0.4) is 0 Å². The number of hydrogen-bond acceptors (Lipinski definition) is 3. The van der Waals surface area contributed by atoms with Crippen LogP contribution in [0.4, 0.5) is 5.69 Å². The second-order valence-electron chi connectivity index (χ2n) is 4.61. The van der Waals surface area contributed by atoms with Crippen molar-refractivity contribution in [2.24, 2.45) is 0 Å². The van der Waals surface area contributed by atoms with Crippen LogP contribution in [-0.4, -0.2) is 15.7 Å². The summed E-state index contributed by atoms with van der Waals surface area (Å²) in [7, 11) is 0. The molecule has 0 radical (unpaired) electrons. The van der Waals surface area contributed by atoms with Crippen LogP contribution < -0.4 is 5.32 Å². The molecule has 2 aromatic heterocycles. The molecule has 0 saturated carbocycles. The van der Waals surface area contributed by atoms with E-state index in [0.29, 0.717) is 21.9 Å². The fraction of sp³-hybridized carbons (Fsp3) is 0.0667. The highest BCUT2D eigenvalue weighted by molar-refractivity contribution is 9.10. The number of hydrogen-bond donors (Lipinski definition) is 1. The van der Waals surface area contributed by atoms with Crippen LogP contribution in [0.25, 0.3) is 0 Å². The lowest BCUT2D eigenvalue weighted by molar-refractivity contribution is 0.0995. The zero-order chi connectivity index (χ0) is 15.5. The van der Waals surface area contributed by atoms with Crippen molar-refractivity contribution in [2.45, 2.75) is 6.54 Å². The van der Waals surface area contributed by atoms with Crippen LogP contribution in [0.1, 0.15) is 16.1 Å². The lowest BCUT2D eigenvalue weighted by Gasteiger charge is -2.02. The molecule has 0 saturated heterocycles. The Balaban J connectivity index is 1.67. The van der Waals surface area contributed by atoms with Crippen molar-refractivity contribution in [3.8, 4) is 0 Å². The van der Waals surface area contributed by atoms with E-state index in [0.717, 1.165) is 5.56 Å². The molecule has 0 fully saturated rings. The number of aromatic nitrogens is 2. The Bertz CT molecular complexity index is 812. The van der Waals surface area contributed by atoms with E-state index in [1.165, 1.54) is 0 Å². The summed E-state index contributed by atoms with van der Waals surface area (Å²) in [6.07, 6.45) is 3.33. The maximum Gasteiger partial charge on any atom is 0.291 e. The topological polar surface area (TPSA) is 60.1 Å². The molecule has 0 aliphatic heterocycles. The van der Waals surface area contributed by atoms with Gasteiger partial charge in [0, 0.05) is 11.2 Å². The molecule has 3 aromatic rings. The van der Waals surface area contributed by atoms with Gasteiger partial charge in [0.05, 0.1) is 18.4 Å². The zero-order valence-corrected chi connectivity index (χ0v) is 13.6. The Morgan fingerprint density at radius 1 is 1.36 bits per heavy atom. The number of carbonyl (C=O) groups is 1. The third-order valence-electron chi connectivity index (χ3n) is 2.92. The molecular weight excluding hydrogens is 370 g/mol. The molecule has 3 rings (SSSR count). The maximum absolute atomic E-state index is 12.0. The molecule has 0 unspecified atom stereocenters. The molecule has 0 spiro atoms. The van der Waals surface area contributed by atoms with Gasteiger partial charge in [0.15, 0.2) is 10.4 Å². The van der Waals surface area contributed by atoms with E-state index < -0.39 is 0 Å². The fourth-order valence-corrected chi connectivity index (χ4v) is 2.49. The standard InChI is InChI=1S/C15H11BrClN3O2/c16-14-5-4-13(22-14)15(21)19-12-7-18-20(9-12)8-10-2-1-3-11(17)6-10/h1-7,9H,8H2,(H,19,21). The normalized spacial score (nSPS) is 10.6. The largest absolute Gasteiger partial charge is 0.444 e. The first-order valence-electron chi connectivity index (χ1n) is 6.44. The number of anilines is 1. The van der Waals surface area contributed by atoms with Crippen LogP contribution >= 0.6 is 27.5 Å². The van der Waals surface area contributed by atoms with Gasteiger partial charge >= 0.3 is 0 Å². The summed E-state index contributed by atoms with van der Waals surface area (Å²) < 4.78 is 7.43. The van der Waals surface area contributed by atoms with Gasteiger partial charge in [-0.3, -0.25) is 9.48 Å². The van der Waals surface area contributed by atoms with Gasteiger partial charge in [-0.1, -0.05) is 23.7 Å². The predicted octanol–water partition coefficient (Wildman–Crippen LogP) is 4.19. The molecule has 1 amide bonds. The Morgan fingerprint density at radius 3 is 2.95 bits per heavy atom. The van der Waals surface area contributed by atoms with Gasteiger partial charge in [-0.25, -0.2) is 0 Å². The van der Waals surface area contributed by atoms with Crippen molar-refractivity contribution < 1.29 is 9.21 Å². The van der Waals surface area contributed by atoms with Crippen LogP contribution in [0.2, 0.25) is 5.02 Å². The van der Waals surface area contributed by atoms with E-state index in [2.05, 4.69) is 26.3 Å². The summed E-state index contributed by atoms with van der Waals surface area (Å²) >= 11 is 9.11. The predicted molar refractivity (Wildman–Crippen MR) is 87.1 cm³/mol. The van der Waals surface area contributed by atoms with Crippen LogP contribution in [0, 0.1) is 0 Å². The average molecular weight is 381 g/mol. The molecule has 0 aliphatic carbocycles. The SMILES string of the molecule is O=C(Nc1cnn(Cc2cccc(Cl)c2)c1)c1ccc(Br)o1. The second kappa shape index (κ2) is 6.37. The molecule has 0 aliphatic rings. The van der Waals surface area contributed by atoms with Crippen LogP contribution in [0.15, 0.2) is 57.9 Å². The highest BCUT2D eigenvalue weighted by atomic mass is 79.9. The third-order valence-corrected chi connectivity index (χ3v) is 3.58. The Kier molecular flexibility index (Phi) is 4.31. The number of nitrogens with zero attached hydrogens (tertiary/aromatic N) is 2. The summed E-state index contributed by atoms with van der Waals surface area (Å²) in [6, 6.07) is 10.8. The molecule has 0 bridgehead atoms. The van der Waals surface area contributed by atoms with E-state index in [1.54, 1.807) is 29.2 Å². The molecule has 2 heterocycles. The fourth-order valence-electron chi connectivity index (χ4n) is 1.97. The van der Waals surface area contributed by atoms with E-state index in [-0.39, 0.29) is 11.7 Å². The number of benzene rings is 1. The van der Waals surface area contributed by atoms with Gasteiger partial charge in [-0.05, 0) is 45.8 Å². The quantitative estimate of drug-likeness (QED) is 0.738. The van der Waals surface area contributed by atoms with E-state index in [9.17, 15) is 4.79 Å². The summed E-state index contributed by atoms with van der Waals surface area (Å²) in [5.74, 6) is -0.0949. The smallest absolute Gasteiger partial charge is 0.291 e. The number of furan rings is 1. The summed E-state index contributed by atoms with van der Waals surface area (Å²) in [6.45, 7) is 0.572. The van der Waals surface area contributed by atoms with Crippen LogP contribution in [-0.2, 0) is 6.54 Å². The highest BCUT2D eigenvalue weighted by Crippen LogP contribution is 2.16. The Hall–Kier alpha value is -2.05. The van der Waals surface area contributed by atoms with Gasteiger partial charge in [0.25, 0.3) is 5.91 Å². The zero-order valence-electron chi connectivity index (χ0n) is 11.3. The highest BCUT2D eigenvalue weighted by Gasteiger charge is 2.11. The minimum atomic E-state index is -0.326. The van der Waals surface area contributed by atoms with E-state index >= 15 is 0 Å². The van der Waals surface area contributed by atoms with Crippen molar-refractivity contribution in [1.82, 2.24) is 9.78 Å². The molecule has 1 aromatic carbocycles. The number of rotatable bonds is 4. The number of nitrogens with one attached hydrogen (secondary N) is 1. The number of carbonyl (C=O) groups excluding carboxylic acids is 1. The lowest BCUT2D eigenvalue weighted by atomic mass is 10.2. The van der Waals surface area contributed by atoms with Crippen molar-refractivity contribution in [2.75, 3.05) is 5.32 Å². The Morgan fingerprint density at radius 2 is 2.23 bits per heavy atom. The van der Waals surface area contributed by atoms with E-state index in [4.69, 9.17) is 16.0 Å². The van der Waals surface area contributed by atoms with Gasteiger partial charge in [0.1, 0.15) is 0 Å². The first-order chi connectivity index (χ1) is 10.6. The molecule has 112 valence electrons. The average Bonchev–Trinajstić information content (AvgIpc) is 3.08. The lowest BCUT2D eigenvalue weighted by Crippen LogP contribution is -2.10. The summed E-state index contributed by atoms with van der Waals surface area (Å²) in [4.78, 5) is 12.0. The molecule has 7 heteroatoms. The maximum atomic E-state index is 12.0. The third kappa shape index (κ3) is 3.58. The second-order valence-corrected chi connectivity index (χ2v) is 5.83. The first kappa shape index (κ1) is 14.9. The number of amides is 1. The minimum Gasteiger partial charge on any atom is -0.444 e. The summed E-state index contributed by atoms with van der Waals surface area (Å²) in [5.41, 5.74) is 1.63. The van der Waals surface area contributed by atoms with Gasteiger partial charge in [0.2, 0.25) is 0 Å². The summed E-state index contributed by atoms with van der Waals surface area (Å²) in [5, 5.41) is 7.62. The van der Waals surface area contributed by atoms with Gasteiger partial charge < -0.3 is 9.73 Å². The monoisotopic (exact) mass is 379 g/mol. The number of halogens is 2. The van der Waals surface area contributed by atoms with Crippen molar-refractivity contribution in [3.05, 3.63) is 69.8 Å². The van der Waals surface area contributed by atoms with Crippen molar-refractivity contribution in [1.29, 1.82) is 0 Å². The molecular formula is C15H11BrClN3O2. The van der Waals surface area contributed by atoms with Gasteiger partial charge in [-0.15, -0.1) is 0 Å². The van der Waals surface area contributed by atoms with Crippen molar-refractivity contribution >= 4 is 39.1 Å². The van der Waals surface area contributed by atoms with Gasteiger partial charge in [-0.2, -0.15) is 5.10 Å². The minimum absolute atomic E-state index is 0.231. The molecule has 5 nitrogen and oxygen atoms in total. The Labute approximate surface area is 140 Å². The van der Waals surface area contributed by atoms with Crippen LogP contribution in [0.5, 0.6) is 0 Å².